The second kappa shape index (κ2) is 10.7. The Morgan fingerprint density at radius 3 is 2.17 bits per heavy atom. The van der Waals surface area contributed by atoms with Gasteiger partial charge in [0, 0.05) is 28.1 Å². The predicted octanol–water partition coefficient (Wildman–Crippen LogP) is 7.71. The number of H-pyrrole nitrogens is 2. The molecule has 0 saturated carbocycles. The lowest BCUT2D eigenvalue weighted by atomic mass is 9.89. The number of rotatable bonds is 0. The van der Waals surface area contributed by atoms with Crippen LogP contribution >= 0.6 is 0 Å². The number of hydrogen-bond donors (Lipinski definition) is 3. The first-order valence-electron chi connectivity index (χ1n) is 13.6. The van der Waals surface area contributed by atoms with E-state index in [4.69, 9.17) is 4.74 Å². The zero-order valence-corrected chi connectivity index (χ0v) is 23.1. The molecule has 1 aliphatic carbocycles. The van der Waals surface area contributed by atoms with Crippen molar-refractivity contribution in [2.24, 2.45) is 0 Å². The summed E-state index contributed by atoms with van der Waals surface area (Å²) >= 11 is 0. The van der Waals surface area contributed by atoms with Gasteiger partial charge in [-0.05, 0) is 86.2 Å². The van der Waals surface area contributed by atoms with Gasteiger partial charge < -0.3 is 10.1 Å². The summed E-state index contributed by atoms with van der Waals surface area (Å²) in [5, 5.41) is 17.4. The second-order valence-corrected chi connectivity index (χ2v) is 10.6. The molecule has 0 unspecified atom stereocenters. The standard InChI is InChI=1S/C12H12N2.C11H10N2O.C11H11N/c1-8-2-5-11-9(6-8)3-4-10-7-13-14-12(10)11;1-7-2-3-9-10(4-7)14-6-8-5-12-13-11(8)9;1-8-3-6-11-10(7-8)5-4-9(2)12-11/h2,5-7H,3-4H2,1H3,(H,13,14);2-5H,6H2,1H3,(H,12,13);3-7,12H,2H2,1H3. The number of aromatic amines is 2. The predicted molar refractivity (Wildman–Crippen MR) is 162 cm³/mol. The van der Waals surface area contributed by atoms with Crippen LogP contribution in [0.2, 0.25) is 0 Å². The van der Waals surface area contributed by atoms with E-state index in [9.17, 15) is 0 Å². The van der Waals surface area contributed by atoms with Crippen molar-refractivity contribution in [3.63, 3.8) is 0 Å². The van der Waals surface area contributed by atoms with Crippen LogP contribution in [0.3, 0.4) is 0 Å². The maximum atomic E-state index is 5.63. The van der Waals surface area contributed by atoms with Crippen LogP contribution in [0.5, 0.6) is 5.75 Å². The number of ether oxygens (including phenoxy) is 1. The van der Waals surface area contributed by atoms with Gasteiger partial charge in [-0.2, -0.15) is 10.2 Å². The fraction of sp³-hybridized carbons (Fsp3) is 0.176. The molecule has 2 aliphatic heterocycles. The highest BCUT2D eigenvalue weighted by atomic mass is 16.5. The summed E-state index contributed by atoms with van der Waals surface area (Å²) in [5.41, 5.74) is 15.8. The summed E-state index contributed by atoms with van der Waals surface area (Å²) in [6.07, 6.45) is 10.1. The minimum Gasteiger partial charge on any atom is -0.488 e. The zero-order valence-electron chi connectivity index (χ0n) is 23.1. The van der Waals surface area contributed by atoms with Crippen molar-refractivity contribution in [3.05, 3.63) is 124 Å². The highest BCUT2D eigenvalue weighted by Crippen LogP contribution is 2.36. The van der Waals surface area contributed by atoms with E-state index in [-0.39, 0.29) is 0 Å². The van der Waals surface area contributed by atoms with Crippen molar-refractivity contribution in [1.82, 2.24) is 20.4 Å². The normalized spacial score (nSPS) is 13.4. The van der Waals surface area contributed by atoms with E-state index in [1.54, 1.807) is 0 Å². The van der Waals surface area contributed by atoms with Crippen LogP contribution in [0, 0.1) is 20.8 Å². The van der Waals surface area contributed by atoms with Crippen LogP contribution in [0.1, 0.15) is 38.9 Å². The molecule has 8 rings (SSSR count). The second-order valence-electron chi connectivity index (χ2n) is 10.6. The molecular formula is C34H33N5O. The number of fused-ring (bicyclic) bond motifs is 7. The van der Waals surface area contributed by atoms with E-state index >= 15 is 0 Å². The van der Waals surface area contributed by atoms with E-state index in [0.717, 1.165) is 46.8 Å². The molecule has 2 aromatic heterocycles. The van der Waals surface area contributed by atoms with Gasteiger partial charge >= 0.3 is 0 Å². The third-order valence-electron chi connectivity index (χ3n) is 7.39. The topological polar surface area (TPSA) is 78.6 Å². The summed E-state index contributed by atoms with van der Waals surface area (Å²) in [4.78, 5) is 0. The molecule has 0 spiro atoms. The number of aromatic nitrogens is 4. The molecule has 3 aromatic carbocycles. The number of nitrogens with zero attached hydrogens (tertiary/aromatic N) is 2. The Morgan fingerprint density at radius 2 is 1.35 bits per heavy atom. The van der Waals surface area contributed by atoms with Crippen LogP contribution in [0.15, 0.2) is 85.3 Å². The number of allylic oxidation sites excluding steroid dienone is 1. The summed E-state index contributed by atoms with van der Waals surface area (Å²) in [7, 11) is 0. The fourth-order valence-corrected chi connectivity index (χ4v) is 5.28. The first-order chi connectivity index (χ1) is 19.4. The molecule has 0 saturated heterocycles. The Hall–Kier alpha value is -4.84. The molecule has 5 aromatic rings. The van der Waals surface area contributed by atoms with Crippen molar-refractivity contribution in [1.29, 1.82) is 0 Å². The quantitative estimate of drug-likeness (QED) is 0.193. The van der Waals surface area contributed by atoms with Crippen LogP contribution in [0.4, 0.5) is 5.69 Å². The van der Waals surface area contributed by atoms with Crippen LogP contribution < -0.4 is 10.1 Å². The fourth-order valence-electron chi connectivity index (χ4n) is 5.28. The largest absolute Gasteiger partial charge is 0.488 e. The summed E-state index contributed by atoms with van der Waals surface area (Å²) in [5.74, 6) is 0.946. The van der Waals surface area contributed by atoms with Gasteiger partial charge in [0.05, 0.1) is 23.8 Å². The summed E-state index contributed by atoms with van der Waals surface area (Å²) in [6, 6.07) is 19.2. The van der Waals surface area contributed by atoms with E-state index in [0.29, 0.717) is 6.61 Å². The average molecular weight is 528 g/mol. The molecule has 0 atom stereocenters. The highest BCUT2D eigenvalue weighted by Gasteiger charge is 2.19. The lowest BCUT2D eigenvalue weighted by Crippen LogP contribution is -2.03. The minimum atomic E-state index is 0.613. The SMILES string of the molecule is C=C1C=Cc2cc(C)ccc2N1.Cc1ccc2c(c1)CCc1cn[nH]c1-2.Cc1ccc2c(c1)OCc1cn[nH]c1-2. The number of anilines is 1. The molecule has 0 radical (unpaired) electrons. The maximum Gasteiger partial charge on any atom is 0.129 e. The zero-order chi connectivity index (χ0) is 27.6. The van der Waals surface area contributed by atoms with E-state index in [1.165, 1.54) is 44.6 Å². The highest BCUT2D eigenvalue weighted by molar-refractivity contribution is 5.75. The molecule has 3 N–H and O–H groups in total. The first-order valence-corrected chi connectivity index (χ1v) is 13.6. The Kier molecular flexibility index (Phi) is 6.83. The van der Waals surface area contributed by atoms with Crippen molar-refractivity contribution in [2.75, 3.05) is 5.32 Å². The molecule has 4 heterocycles. The van der Waals surface area contributed by atoms with Gasteiger partial charge in [-0.1, -0.05) is 54.1 Å². The Labute approximate surface area is 234 Å². The minimum absolute atomic E-state index is 0.613. The molecular weight excluding hydrogens is 494 g/mol. The lowest BCUT2D eigenvalue weighted by molar-refractivity contribution is 0.302. The van der Waals surface area contributed by atoms with Crippen molar-refractivity contribution < 1.29 is 4.74 Å². The van der Waals surface area contributed by atoms with Gasteiger partial charge in [-0.3, -0.25) is 10.2 Å². The Balaban J connectivity index is 0.000000109. The lowest BCUT2D eigenvalue weighted by Gasteiger charge is -2.17. The Bertz CT molecular complexity index is 1650. The third-order valence-corrected chi connectivity index (χ3v) is 7.39. The van der Waals surface area contributed by atoms with Crippen LogP contribution in [0.25, 0.3) is 28.6 Å². The van der Waals surface area contributed by atoms with Gasteiger partial charge in [0.2, 0.25) is 0 Å². The van der Waals surface area contributed by atoms with Gasteiger partial charge in [0.25, 0.3) is 0 Å². The monoisotopic (exact) mass is 527 g/mol. The number of aryl methyl sites for hydroxylation is 5. The van der Waals surface area contributed by atoms with E-state index < -0.39 is 0 Å². The van der Waals surface area contributed by atoms with E-state index in [1.807, 2.05) is 18.5 Å². The molecule has 0 fully saturated rings. The molecule has 3 aliphatic rings. The Morgan fingerprint density at radius 1 is 0.700 bits per heavy atom. The van der Waals surface area contributed by atoms with Crippen LogP contribution in [-0.4, -0.2) is 20.4 Å². The van der Waals surface area contributed by atoms with Gasteiger partial charge in [0.1, 0.15) is 12.4 Å². The molecule has 0 bridgehead atoms. The number of benzene rings is 3. The smallest absolute Gasteiger partial charge is 0.129 e. The molecule has 200 valence electrons. The molecule has 6 nitrogen and oxygen atoms in total. The van der Waals surface area contributed by atoms with Gasteiger partial charge in [0.15, 0.2) is 0 Å². The van der Waals surface area contributed by atoms with Crippen molar-refractivity contribution in [3.8, 4) is 28.3 Å². The third kappa shape index (κ3) is 5.21. The molecule has 0 amide bonds. The number of hydrogen-bond acceptors (Lipinski definition) is 4. The average Bonchev–Trinajstić information content (AvgIpc) is 3.64. The van der Waals surface area contributed by atoms with Gasteiger partial charge in [-0.15, -0.1) is 0 Å². The van der Waals surface area contributed by atoms with Crippen molar-refractivity contribution in [2.45, 2.75) is 40.2 Å². The summed E-state index contributed by atoms with van der Waals surface area (Å²) < 4.78 is 5.63. The van der Waals surface area contributed by atoms with Crippen LogP contribution in [-0.2, 0) is 19.4 Å². The number of nitrogens with one attached hydrogen (secondary N) is 3. The molecule has 40 heavy (non-hydrogen) atoms. The van der Waals surface area contributed by atoms with Crippen molar-refractivity contribution >= 4 is 11.8 Å². The van der Waals surface area contributed by atoms with E-state index in [2.05, 4.69) is 114 Å². The van der Waals surface area contributed by atoms with Gasteiger partial charge in [-0.25, -0.2) is 0 Å². The maximum absolute atomic E-state index is 5.63. The first kappa shape index (κ1) is 25.4. The summed E-state index contributed by atoms with van der Waals surface area (Å²) in [6.45, 7) is 10.7. The molecule has 6 heteroatoms.